The highest BCUT2D eigenvalue weighted by atomic mass is 16.3. The van der Waals surface area contributed by atoms with E-state index < -0.39 is 0 Å². The van der Waals surface area contributed by atoms with Crippen LogP contribution in [-0.4, -0.2) is 37.3 Å². The molecule has 1 atom stereocenters. The van der Waals surface area contributed by atoms with Crippen molar-refractivity contribution in [1.29, 1.82) is 0 Å². The minimum absolute atomic E-state index is 0.241. The third-order valence-electron chi connectivity index (χ3n) is 3.74. The summed E-state index contributed by atoms with van der Waals surface area (Å²) in [6.45, 7) is 9.24. The van der Waals surface area contributed by atoms with Gasteiger partial charge in [0.25, 0.3) is 0 Å². The lowest BCUT2D eigenvalue weighted by atomic mass is 9.94. The number of nitrogens with one attached hydrogen (secondary N) is 2. The van der Waals surface area contributed by atoms with E-state index >= 15 is 0 Å². The standard InChI is InChI=1S/C19H33N3O/c1-4-20-19(21-12-10-17-8-6-5-7-9-17)22-15-18(11-13-23)14-16(2)3/h5-9,16,18,23H,4,10-15H2,1-3H3,(H2,20,21,22). The van der Waals surface area contributed by atoms with Crippen LogP contribution in [-0.2, 0) is 6.42 Å². The molecule has 1 aromatic rings. The Morgan fingerprint density at radius 1 is 1.17 bits per heavy atom. The van der Waals surface area contributed by atoms with Gasteiger partial charge in [0.2, 0.25) is 0 Å². The monoisotopic (exact) mass is 319 g/mol. The first kappa shape index (κ1) is 19.5. The van der Waals surface area contributed by atoms with E-state index in [0.29, 0.717) is 11.8 Å². The number of aliphatic hydroxyl groups is 1. The number of hydrogen-bond acceptors (Lipinski definition) is 2. The number of aliphatic hydroxyl groups excluding tert-OH is 1. The molecule has 0 aliphatic rings. The van der Waals surface area contributed by atoms with Crippen molar-refractivity contribution in [2.24, 2.45) is 16.8 Å². The molecule has 0 fully saturated rings. The van der Waals surface area contributed by atoms with Gasteiger partial charge in [-0.05, 0) is 43.6 Å². The van der Waals surface area contributed by atoms with Crippen LogP contribution in [0.2, 0.25) is 0 Å². The molecule has 0 aliphatic heterocycles. The van der Waals surface area contributed by atoms with Gasteiger partial charge < -0.3 is 15.7 Å². The fraction of sp³-hybridized carbons (Fsp3) is 0.632. The summed E-state index contributed by atoms with van der Waals surface area (Å²) in [5, 5.41) is 15.9. The van der Waals surface area contributed by atoms with Crippen LogP contribution in [0.3, 0.4) is 0 Å². The third-order valence-corrected chi connectivity index (χ3v) is 3.74. The Morgan fingerprint density at radius 3 is 2.52 bits per heavy atom. The zero-order chi connectivity index (χ0) is 16.9. The number of benzene rings is 1. The summed E-state index contributed by atoms with van der Waals surface area (Å²) >= 11 is 0. The Labute approximate surface area is 141 Å². The van der Waals surface area contributed by atoms with Gasteiger partial charge in [-0.2, -0.15) is 0 Å². The minimum atomic E-state index is 0.241. The van der Waals surface area contributed by atoms with Crippen molar-refractivity contribution in [3.05, 3.63) is 35.9 Å². The zero-order valence-corrected chi connectivity index (χ0v) is 14.9. The molecule has 3 N–H and O–H groups in total. The normalized spacial score (nSPS) is 13.2. The number of rotatable bonds is 10. The average Bonchev–Trinajstić information content (AvgIpc) is 2.53. The van der Waals surface area contributed by atoms with E-state index in [-0.39, 0.29) is 6.61 Å². The molecule has 0 amide bonds. The quantitative estimate of drug-likeness (QED) is 0.459. The fourth-order valence-corrected chi connectivity index (χ4v) is 2.66. The van der Waals surface area contributed by atoms with Gasteiger partial charge in [-0.15, -0.1) is 0 Å². The van der Waals surface area contributed by atoms with Gasteiger partial charge in [-0.25, -0.2) is 0 Å². The van der Waals surface area contributed by atoms with Crippen molar-refractivity contribution in [2.45, 2.75) is 40.0 Å². The first-order valence-electron chi connectivity index (χ1n) is 8.82. The Balaban J connectivity index is 2.47. The van der Waals surface area contributed by atoms with E-state index in [1.54, 1.807) is 0 Å². The van der Waals surface area contributed by atoms with Crippen LogP contribution < -0.4 is 10.6 Å². The van der Waals surface area contributed by atoms with Gasteiger partial charge in [-0.1, -0.05) is 44.2 Å². The maximum Gasteiger partial charge on any atom is 0.191 e. The van der Waals surface area contributed by atoms with Gasteiger partial charge in [0.1, 0.15) is 0 Å². The summed E-state index contributed by atoms with van der Waals surface area (Å²) < 4.78 is 0. The summed E-state index contributed by atoms with van der Waals surface area (Å²) in [5.74, 6) is 1.95. The number of guanidine groups is 1. The van der Waals surface area contributed by atoms with Crippen LogP contribution in [0, 0.1) is 11.8 Å². The lowest BCUT2D eigenvalue weighted by Gasteiger charge is -2.17. The van der Waals surface area contributed by atoms with Crippen molar-refractivity contribution in [3.8, 4) is 0 Å². The molecule has 1 unspecified atom stereocenters. The molecule has 0 aliphatic carbocycles. The molecule has 1 aromatic carbocycles. The molecule has 0 bridgehead atoms. The summed E-state index contributed by atoms with van der Waals surface area (Å²) in [6.07, 6.45) is 2.91. The van der Waals surface area contributed by atoms with Crippen LogP contribution in [0.4, 0.5) is 0 Å². The Kier molecular flexibility index (Phi) is 10.1. The van der Waals surface area contributed by atoms with Crippen molar-refractivity contribution < 1.29 is 5.11 Å². The lowest BCUT2D eigenvalue weighted by molar-refractivity contribution is 0.245. The maximum atomic E-state index is 9.21. The smallest absolute Gasteiger partial charge is 0.191 e. The second kappa shape index (κ2) is 11.9. The van der Waals surface area contributed by atoms with Crippen LogP contribution >= 0.6 is 0 Å². The fourth-order valence-electron chi connectivity index (χ4n) is 2.66. The highest BCUT2D eigenvalue weighted by molar-refractivity contribution is 5.79. The summed E-state index contributed by atoms with van der Waals surface area (Å²) in [7, 11) is 0. The predicted octanol–water partition coefficient (Wildman–Crippen LogP) is 2.83. The van der Waals surface area contributed by atoms with Crippen molar-refractivity contribution in [2.75, 3.05) is 26.2 Å². The average molecular weight is 319 g/mol. The maximum absolute atomic E-state index is 9.21. The Hall–Kier alpha value is -1.55. The molecule has 0 saturated carbocycles. The van der Waals surface area contributed by atoms with Crippen molar-refractivity contribution in [1.82, 2.24) is 10.6 Å². The van der Waals surface area contributed by atoms with E-state index in [1.807, 2.05) is 6.07 Å². The number of hydrogen-bond donors (Lipinski definition) is 3. The van der Waals surface area contributed by atoms with Crippen LogP contribution in [0.15, 0.2) is 35.3 Å². The molecular formula is C19H33N3O. The van der Waals surface area contributed by atoms with E-state index in [1.165, 1.54) is 5.56 Å². The van der Waals surface area contributed by atoms with Crippen molar-refractivity contribution >= 4 is 5.96 Å². The summed E-state index contributed by atoms with van der Waals surface area (Å²) in [6, 6.07) is 10.5. The molecule has 0 aromatic heterocycles. The molecule has 0 heterocycles. The first-order valence-corrected chi connectivity index (χ1v) is 8.82. The van der Waals surface area contributed by atoms with E-state index in [0.717, 1.165) is 44.9 Å². The molecular weight excluding hydrogens is 286 g/mol. The summed E-state index contributed by atoms with van der Waals surface area (Å²) in [5.41, 5.74) is 1.33. The molecule has 0 saturated heterocycles. The van der Waals surface area contributed by atoms with Gasteiger partial charge in [0.05, 0.1) is 0 Å². The predicted molar refractivity (Wildman–Crippen MR) is 98.8 cm³/mol. The van der Waals surface area contributed by atoms with Gasteiger partial charge in [-0.3, -0.25) is 4.99 Å². The molecule has 4 heteroatoms. The van der Waals surface area contributed by atoms with Crippen LogP contribution in [0.1, 0.15) is 39.2 Å². The largest absolute Gasteiger partial charge is 0.396 e. The molecule has 0 radical (unpaired) electrons. The molecule has 4 nitrogen and oxygen atoms in total. The highest BCUT2D eigenvalue weighted by Gasteiger charge is 2.10. The summed E-state index contributed by atoms with van der Waals surface area (Å²) in [4.78, 5) is 4.70. The molecule has 23 heavy (non-hydrogen) atoms. The van der Waals surface area contributed by atoms with E-state index in [9.17, 15) is 5.11 Å². The van der Waals surface area contributed by atoms with Gasteiger partial charge in [0, 0.05) is 26.2 Å². The third kappa shape index (κ3) is 9.24. The Morgan fingerprint density at radius 2 is 1.91 bits per heavy atom. The zero-order valence-electron chi connectivity index (χ0n) is 14.9. The van der Waals surface area contributed by atoms with E-state index in [2.05, 4.69) is 55.7 Å². The lowest BCUT2D eigenvalue weighted by Crippen LogP contribution is -2.38. The second-order valence-corrected chi connectivity index (χ2v) is 6.39. The van der Waals surface area contributed by atoms with Crippen LogP contribution in [0.5, 0.6) is 0 Å². The van der Waals surface area contributed by atoms with Gasteiger partial charge >= 0.3 is 0 Å². The SMILES string of the molecule is CCNC(=NCC(CCO)CC(C)C)NCCc1ccccc1. The molecule has 1 rings (SSSR count). The second-order valence-electron chi connectivity index (χ2n) is 6.39. The van der Waals surface area contributed by atoms with Crippen LogP contribution in [0.25, 0.3) is 0 Å². The number of nitrogens with zero attached hydrogens (tertiary/aromatic N) is 1. The molecule has 130 valence electrons. The minimum Gasteiger partial charge on any atom is -0.396 e. The molecule has 0 spiro atoms. The van der Waals surface area contributed by atoms with E-state index in [4.69, 9.17) is 4.99 Å². The highest BCUT2D eigenvalue weighted by Crippen LogP contribution is 2.15. The Bertz CT molecular complexity index is 432. The first-order chi connectivity index (χ1) is 11.2. The van der Waals surface area contributed by atoms with Crippen molar-refractivity contribution in [3.63, 3.8) is 0 Å². The topological polar surface area (TPSA) is 56.7 Å². The van der Waals surface area contributed by atoms with Gasteiger partial charge in [0.15, 0.2) is 5.96 Å². The number of aliphatic imine (C=N–C) groups is 1.